The smallest absolute Gasteiger partial charge is 0.459 e. The maximum atomic E-state index is 13.2. The van der Waals surface area contributed by atoms with Gasteiger partial charge in [-0.3, -0.25) is 29.0 Å². The molecule has 0 aromatic carbocycles. The lowest BCUT2D eigenvalue weighted by Gasteiger charge is -2.35. The van der Waals surface area contributed by atoms with E-state index in [0.29, 0.717) is 39.3 Å². The van der Waals surface area contributed by atoms with Crippen LogP contribution >= 0.6 is 0 Å². The van der Waals surface area contributed by atoms with Crippen LogP contribution in [-0.4, -0.2) is 191 Å². The first kappa shape index (κ1) is 62.4. The molecule has 0 aromatic heterocycles. The van der Waals surface area contributed by atoms with Gasteiger partial charge in [0.2, 0.25) is 11.8 Å². The number of nitrogens with one attached hydrogen (secondary N) is 2. The van der Waals surface area contributed by atoms with Gasteiger partial charge >= 0.3 is 48.6 Å². The van der Waals surface area contributed by atoms with Crippen molar-refractivity contribution in [1.29, 1.82) is 0 Å². The van der Waals surface area contributed by atoms with Crippen LogP contribution in [0.25, 0.3) is 0 Å². The lowest BCUT2D eigenvalue weighted by molar-refractivity contribution is -0.306. The topological polar surface area (TPSA) is 155 Å². The van der Waals surface area contributed by atoms with Crippen LogP contribution in [0.3, 0.4) is 0 Å². The predicted octanol–water partition coefficient (Wildman–Crippen LogP) is 3.52. The Kier molecular flexibility index (Phi) is 26.4. The quantitative estimate of drug-likeness (QED) is 0.232. The number of carboxylic acid groups (broad SMARTS) is 1. The fraction of sp³-hybridized carbons (Fsp3) is 0.848. The molecule has 1 rings (SSSR count). The summed E-state index contributed by atoms with van der Waals surface area (Å²) in [4.78, 5) is 62.9. The third-order valence-electron chi connectivity index (χ3n) is 8.44. The van der Waals surface area contributed by atoms with E-state index in [4.69, 9.17) is 4.74 Å². The molecule has 1 aliphatic heterocycles. The van der Waals surface area contributed by atoms with E-state index >= 15 is 0 Å². The van der Waals surface area contributed by atoms with E-state index in [2.05, 4.69) is 20.4 Å². The molecular formula is C33H47F18N6O7-. The Balaban J connectivity index is 0. The summed E-state index contributed by atoms with van der Waals surface area (Å²) in [6, 6.07) is 0. The van der Waals surface area contributed by atoms with Gasteiger partial charge in [-0.15, -0.1) is 0 Å². The molecule has 0 saturated carbocycles. The normalized spacial score (nSPS) is 16.5. The zero-order chi connectivity index (χ0) is 50.5. The second-order valence-corrected chi connectivity index (χ2v) is 13.7. The monoisotopic (exact) mass is 981 g/mol. The molecule has 1 aliphatic rings. The number of hydrogen-bond acceptors (Lipinski definition) is 11. The molecule has 64 heavy (non-hydrogen) atoms. The van der Waals surface area contributed by atoms with Crippen LogP contribution in [0.4, 0.5) is 79.0 Å². The molecule has 0 bridgehead atoms. The van der Waals surface area contributed by atoms with E-state index in [0.717, 1.165) is 26.2 Å². The van der Waals surface area contributed by atoms with Crippen LogP contribution in [0.1, 0.15) is 33.6 Å². The Morgan fingerprint density at radius 1 is 0.500 bits per heavy atom. The number of amides is 2. The predicted molar refractivity (Wildman–Crippen MR) is 183 cm³/mol. The fourth-order valence-electron chi connectivity index (χ4n) is 5.33. The molecular weight excluding hydrogens is 934 g/mol. The molecule has 1 fully saturated rings. The number of nitrogens with zero attached hydrogens (tertiary/aromatic N) is 4. The second kappa shape index (κ2) is 27.1. The molecule has 0 atom stereocenters. The molecule has 0 unspecified atom stereocenters. The summed E-state index contributed by atoms with van der Waals surface area (Å²) in [5.41, 5.74) is -2.47. The van der Waals surface area contributed by atoms with Crippen molar-refractivity contribution in [3.63, 3.8) is 0 Å². The lowest BCUT2D eigenvalue weighted by Crippen LogP contribution is -2.50. The third kappa shape index (κ3) is 29.7. The highest BCUT2D eigenvalue weighted by Crippen LogP contribution is 2.42. The highest BCUT2D eigenvalue weighted by Gasteiger charge is 2.57. The van der Waals surface area contributed by atoms with Crippen LogP contribution < -0.4 is 15.7 Å². The molecule has 13 nitrogen and oxygen atoms in total. The van der Waals surface area contributed by atoms with E-state index in [9.17, 15) is 108 Å². The number of Topliss-reactive ketones (excluding diaryl/α,β-unsaturated/α-hetero) is 2. The minimum atomic E-state index is -5.82. The van der Waals surface area contributed by atoms with E-state index in [1.54, 1.807) is 9.80 Å². The Bertz CT molecular complexity index is 1350. The van der Waals surface area contributed by atoms with E-state index < -0.39 is 104 Å². The summed E-state index contributed by atoms with van der Waals surface area (Å²) < 4.78 is 215. The highest BCUT2D eigenvalue weighted by atomic mass is 19.4. The van der Waals surface area contributed by atoms with Crippen molar-refractivity contribution in [1.82, 2.24) is 30.2 Å². The highest BCUT2D eigenvalue weighted by molar-refractivity contribution is 5.89. The van der Waals surface area contributed by atoms with Crippen LogP contribution in [0.5, 0.6) is 0 Å². The largest absolute Gasteiger partial charge is 0.549 e. The maximum absolute atomic E-state index is 13.2. The third-order valence-corrected chi connectivity index (χ3v) is 8.44. The van der Waals surface area contributed by atoms with Gasteiger partial charge < -0.3 is 35.1 Å². The number of halogens is 18. The SMILES string of the molecule is CCOCC(CNC(=O)CNC(=O)CN1CCN(CC)CCN(CC)CCN(CC(=O)[O-])CC1)(CC(F)(F)F)CC(F)(F)F.O=C(C(F)(F)F)C(F)(F)F.O=C(C(F)(F)F)C(F)(F)F. The minimum Gasteiger partial charge on any atom is -0.549 e. The first-order chi connectivity index (χ1) is 28.8. The number of rotatable bonds is 15. The van der Waals surface area contributed by atoms with Crippen LogP contribution in [0, 0.1) is 5.41 Å². The van der Waals surface area contributed by atoms with Gasteiger partial charge in [-0.2, -0.15) is 79.0 Å². The van der Waals surface area contributed by atoms with E-state index in [1.165, 1.54) is 6.92 Å². The van der Waals surface area contributed by atoms with Gasteiger partial charge in [-0.1, -0.05) is 13.8 Å². The first-order valence-electron chi connectivity index (χ1n) is 18.5. The second-order valence-electron chi connectivity index (χ2n) is 13.7. The fourth-order valence-corrected chi connectivity index (χ4v) is 5.33. The zero-order valence-corrected chi connectivity index (χ0v) is 34.2. The van der Waals surface area contributed by atoms with Crippen molar-refractivity contribution < 1.29 is 113 Å². The summed E-state index contributed by atoms with van der Waals surface area (Å²) in [5, 5.41) is 15.8. The van der Waals surface area contributed by atoms with E-state index in [-0.39, 0.29) is 19.7 Å². The summed E-state index contributed by atoms with van der Waals surface area (Å²) in [7, 11) is 0. The molecule has 1 saturated heterocycles. The van der Waals surface area contributed by atoms with Gasteiger partial charge in [-0.05, 0) is 20.0 Å². The number of aliphatic carboxylic acids is 1. The summed E-state index contributed by atoms with van der Waals surface area (Å²) in [5.74, 6) is -10.1. The van der Waals surface area contributed by atoms with Gasteiger partial charge in [0.05, 0.1) is 38.5 Å². The molecule has 0 spiro atoms. The van der Waals surface area contributed by atoms with E-state index in [1.807, 2.05) is 13.8 Å². The Morgan fingerprint density at radius 3 is 1.09 bits per heavy atom. The molecule has 2 amide bonds. The summed E-state index contributed by atoms with van der Waals surface area (Å²) in [6.07, 6.45) is -36.8. The lowest BCUT2D eigenvalue weighted by atomic mass is 9.81. The molecule has 1 heterocycles. The van der Waals surface area contributed by atoms with Crippen LogP contribution in [0.15, 0.2) is 0 Å². The van der Waals surface area contributed by atoms with Gasteiger partial charge in [-0.25, -0.2) is 0 Å². The number of carboxylic acids is 1. The van der Waals surface area contributed by atoms with Crippen LogP contribution in [0.2, 0.25) is 0 Å². The molecule has 378 valence electrons. The standard InChI is InChI=1S/C27H48F6N6O5.2C3F6O/c1-4-36-7-8-37(5-2)10-12-39(17-24(42)43)14-13-38(11-9-36)16-23(41)34-15-22(40)35-20-25(21-44-6-3,18-26(28,29)30)19-27(31,32)33;2*4-2(5,6)1(10)3(7,8)9/h4-21H2,1-3H3,(H,34,41)(H,35,40)(H,42,43);;/p-1. The molecule has 0 aliphatic carbocycles. The number of carbonyl (C=O) groups excluding carboxylic acids is 5. The number of ether oxygens (including phenoxy) is 1. The van der Waals surface area contributed by atoms with Gasteiger partial charge in [0, 0.05) is 77.5 Å². The van der Waals surface area contributed by atoms with Crippen LogP contribution in [-0.2, 0) is 28.7 Å². The van der Waals surface area contributed by atoms with Crippen molar-refractivity contribution in [3.8, 4) is 0 Å². The number of ketones is 2. The molecule has 31 heteroatoms. The van der Waals surface area contributed by atoms with Gasteiger partial charge in [0.15, 0.2) is 0 Å². The number of alkyl halides is 18. The molecule has 0 radical (unpaired) electrons. The number of carbonyl (C=O) groups is 5. The average molecular weight is 982 g/mol. The summed E-state index contributed by atoms with van der Waals surface area (Å²) >= 11 is 0. The summed E-state index contributed by atoms with van der Waals surface area (Å²) in [6.45, 7) is 8.55. The Hall–Kier alpha value is -3.71. The van der Waals surface area contributed by atoms with Gasteiger partial charge in [0.25, 0.3) is 0 Å². The van der Waals surface area contributed by atoms with Gasteiger partial charge in [0.1, 0.15) is 0 Å². The minimum absolute atomic E-state index is 0.115. The Labute approximate surface area is 353 Å². The van der Waals surface area contributed by atoms with Crippen molar-refractivity contribution in [2.45, 2.75) is 70.7 Å². The average Bonchev–Trinajstić information content (AvgIpc) is 3.11. The van der Waals surface area contributed by atoms with Crippen molar-refractivity contribution >= 4 is 29.4 Å². The van der Waals surface area contributed by atoms with Crippen molar-refractivity contribution in [3.05, 3.63) is 0 Å². The zero-order valence-electron chi connectivity index (χ0n) is 34.2. The molecule has 0 aromatic rings. The molecule has 2 N–H and O–H groups in total. The van der Waals surface area contributed by atoms with Crippen molar-refractivity contribution in [2.24, 2.45) is 5.41 Å². The maximum Gasteiger partial charge on any atom is 0.459 e. The number of hydrogen-bond donors (Lipinski definition) is 2. The number of likely N-dealkylation sites (N-methyl/N-ethyl adjacent to an activating group) is 2. The van der Waals surface area contributed by atoms with Crippen molar-refractivity contribution in [2.75, 3.05) is 105 Å². The Morgan fingerprint density at radius 2 is 0.828 bits per heavy atom. The first-order valence-corrected chi connectivity index (χ1v) is 18.5.